The van der Waals surface area contributed by atoms with Gasteiger partial charge in [-0.3, -0.25) is 4.21 Å². The fraction of sp³-hybridized carbons (Fsp3) is 0.455. The fourth-order valence-electron chi connectivity index (χ4n) is 1.31. The van der Waals surface area contributed by atoms with Crippen LogP contribution < -0.4 is 0 Å². The summed E-state index contributed by atoms with van der Waals surface area (Å²) in [7, 11) is 0. The van der Waals surface area contributed by atoms with E-state index in [1.54, 1.807) is 6.92 Å². The summed E-state index contributed by atoms with van der Waals surface area (Å²) in [6.07, 6.45) is 0. The van der Waals surface area contributed by atoms with Gasteiger partial charge in [0.15, 0.2) is 0 Å². The number of aryl methyl sites for hydroxylation is 1. The molecule has 16 heavy (non-hydrogen) atoms. The van der Waals surface area contributed by atoms with Crippen molar-refractivity contribution in [3.05, 3.63) is 23.3 Å². The van der Waals surface area contributed by atoms with Crippen LogP contribution in [0.1, 0.15) is 31.9 Å². The molecule has 0 bridgehead atoms. The Hall–Kier alpha value is 0.234. The smallest absolute Gasteiger partial charge is 0.133 e. The van der Waals surface area contributed by atoms with Crippen molar-refractivity contribution >= 4 is 11.1 Å². The molecule has 87 valence electrons. The molecular formula is C11H15O3SY-. The van der Waals surface area contributed by atoms with Gasteiger partial charge in [-0.15, -0.1) is 0 Å². The van der Waals surface area contributed by atoms with E-state index in [1.807, 2.05) is 26.8 Å². The van der Waals surface area contributed by atoms with E-state index in [4.69, 9.17) is 0 Å². The zero-order valence-electron chi connectivity index (χ0n) is 9.90. The van der Waals surface area contributed by atoms with Crippen LogP contribution in [0.2, 0.25) is 0 Å². The van der Waals surface area contributed by atoms with E-state index in [9.17, 15) is 13.9 Å². The Morgan fingerprint density at radius 1 is 1.31 bits per heavy atom. The van der Waals surface area contributed by atoms with E-state index in [0.717, 1.165) is 5.56 Å². The summed E-state index contributed by atoms with van der Waals surface area (Å²) in [6.45, 7) is 7.68. The normalized spacial score (nSPS) is 13.1. The molecule has 0 aliphatic heterocycles. The van der Waals surface area contributed by atoms with Gasteiger partial charge in [0.1, 0.15) is 5.75 Å². The molecule has 0 saturated carbocycles. The van der Waals surface area contributed by atoms with Crippen LogP contribution in [0.5, 0.6) is 5.75 Å². The van der Waals surface area contributed by atoms with Gasteiger partial charge in [-0.2, -0.15) is 0 Å². The zero-order chi connectivity index (χ0) is 11.8. The Morgan fingerprint density at radius 3 is 2.19 bits per heavy atom. The van der Waals surface area contributed by atoms with Gasteiger partial charge in [0.25, 0.3) is 0 Å². The first-order valence-electron chi connectivity index (χ1n) is 4.67. The monoisotopic (exact) mass is 316 g/mol. The fourth-order valence-corrected chi connectivity index (χ4v) is 1.85. The standard InChI is InChI=1S/C11H16O3S.Y/c1-7-5-8(11(2,3)4)6-9(10(7)12)15(13)14;/h5-6,12H,1-4H3,(H,13,14);/p-1. The van der Waals surface area contributed by atoms with Crippen LogP contribution in [0, 0.1) is 6.92 Å². The Kier molecular flexibility index (Phi) is 5.80. The molecule has 1 rings (SSSR count). The molecule has 1 aromatic carbocycles. The quantitative estimate of drug-likeness (QED) is 0.808. The van der Waals surface area contributed by atoms with Gasteiger partial charge in [-0.1, -0.05) is 26.8 Å². The van der Waals surface area contributed by atoms with E-state index in [2.05, 4.69) is 0 Å². The zero-order valence-corrected chi connectivity index (χ0v) is 13.6. The minimum Gasteiger partial charge on any atom is -0.768 e. The number of aromatic hydroxyl groups is 1. The van der Waals surface area contributed by atoms with Gasteiger partial charge in [-0.05, 0) is 40.6 Å². The Morgan fingerprint density at radius 2 is 1.81 bits per heavy atom. The summed E-state index contributed by atoms with van der Waals surface area (Å²) >= 11 is -2.40. The maximum Gasteiger partial charge on any atom is 0.133 e. The van der Waals surface area contributed by atoms with Crippen molar-refractivity contribution in [1.82, 2.24) is 0 Å². The second-order valence-electron chi connectivity index (χ2n) is 4.62. The van der Waals surface area contributed by atoms with Gasteiger partial charge < -0.3 is 9.66 Å². The second kappa shape index (κ2) is 5.72. The molecule has 1 radical (unpaired) electrons. The van der Waals surface area contributed by atoms with E-state index >= 15 is 0 Å². The summed E-state index contributed by atoms with van der Waals surface area (Å²) in [4.78, 5) is -0.0278. The summed E-state index contributed by atoms with van der Waals surface area (Å²) in [6, 6.07) is 3.33. The average Bonchev–Trinajstić information content (AvgIpc) is 2.06. The molecule has 0 amide bonds. The van der Waals surface area contributed by atoms with Crippen LogP contribution in [0.15, 0.2) is 17.0 Å². The van der Waals surface area contributed by atoms with Crippen molar-refractivity contribution in [3.63, 3.8) is 0 Å². The van der Waals surface area contributed by atoms with Gasteiger partial charge >= 0.3 is 0 Å². The summed E-state index contributed by atoms with van der Waals surface area (Å²) in [5.74, 6) is -0.156. The molecular weight excluding hydrogens is 301 g/mol. The number of hydrogen-bond acceptors (Lipinski definition) is 3. The van der Waals surface area contributed by atoms with Crippen molar-refractivity contribution in [2.45, 2.75) is 38.0 Å². The molecule has 1 atom stereocenters. The van der Waals surface area contributed by atoms with Crippen LogP contribution in [0.4, 0.5) is 0 Å². The molecule has 5 heteroatoms. The number of hydrogen-bond donors (Lipinski definition) is 1. The summed E-state index contributed by atoms with van der Waals surface area (Å²) in [5, 5.41) is 9.57. The SMILES string of the molecule is Cc1cc(C(C)(C)C)cc(S(=O)[O-])c1O.[Y]. The van der Waals surface area contributed by atoms with E-state index in [-0.39, 0.29) is 48.8 Å². The number of benzene rings is 1. The van der Waals surface area contributed by atoms with Gasteiger partial charge in [0.05, 0.1) is 4.90 Å². The first kappa shape index (κ1) is 16.2. The topological polar surface area (TPSA) is 60.4 Å². The van der Waals surface area contributed by atoms with Crippen molar-refractivity contribution < 1.29 is 46.6 Å². The molecule has 1 aromatic rings. The van der Waals surface area contributed by atoms with Gasteiger partial charge in [-0.25, -0.2) is 0 Å². The summed E-state index contributed by atoms with van der Waals surface area (Å²) in [5.41, 5.74) is 1.35. The van der Waals surface area contributed by atoms with Crippen LogP contribution in [-0.4, -0.2) is 13.9 Å². The molecule has 0 aliphatic carbocycles. The van der Waals surface area contributed by atoms with Crippen LogP contribution in [0.25, 0.3) is 0 Å². The average molecular weight is 316 g/mol. The van der Waals surface area contributed by atoms with Crippen molar-refractivity contribution in [2.75, 3.05) is 0 Å². The van der Waals surface area contributed by atoms with Crippen LogP contribution >= 0.6 is 0 Å². The van der Waals surface area contributed by atoms with Crippen LogP contribution in [-0.2, 0) is 49.2 Å². The molecule has 0 spiro atoms. The third kappa shape index (κ3) is 3.62. The molecule has 0 aromatic heterocycles. The Bertz CT molecular complexity index is 410. The van der Waals surface area contributed by atoms with Gasteiger partial charge in [0.2, 0.25) is 0 Å². The van der Waals surface area contributed by atoms with Crippen molar-refractivity contribution in [1.29, 1.82) is 0 Å². The molecule has 0 saturated heterocycles. The first-order chi connectivity index (χ1) is 6.73. The van der Waals surface area contributed by atoms with E-state index in [1.165, 1.54) is 6.07 Å². The minimum atomic E-state index is -2.40. The van der Waals surface area contributed by atoms with Gasteiger partial charge in [0, 0.05) is 32.7 Å². The Balaban J connectivity index is 0.00000225. The van der Waals surface area contributed by atoms with Crippen molar-refractivity contribution in [2.24, 2.45) is 0 Å². The minimum absolute atomic E-state index is 0. The molecule has 0 heterocycles. The second-order valence-corrected chi connectivity index (χ2v) is 5.53. The predicted octanol–water partition coefficient (Wildman–Crippen LogP) is 2.23. The third-order valence-electron chi connectivity index (χ3n) is 2.31. The maximum atomic E-state index is 10.9. The molecule has 3 nitrogen and oxygen atoms in total. The summed E-state index contributed by atoms with van der Waals surface area (Å²) < 4.78 is 21.8. The largest absolute Gasteiger partial charge is 0.768 e. The van der Waals surface area contributed by atoms with E-state index < -0.39 is 11.1 Å². The predicted molar refractivity (Wildman–Crippen MR) is 58.7 cm³/mol. The number of phenols is 1. The molecule has 1 unspecified atom stereocenters. The molecule has 0 aliphatic rings. The number of rotatable bonds is 1. The van der Waals surface area contributed by atoms with E-state index in [0.29, 0.717) is 5.56 Å². The van der Waals surface area contributed by atoms with Crippen LogP contribution in [0.3, 0.4) is 0 Å². The Labute approximate surface area is 124 Å². The molecule has 1 N–H and O–H groups in total. The van der Waals surface area contributed by atoms with Crippen molar-refractivity contribution in [3.8, 4) is 5.75 Å². The molecule has 0 fully saturated rings. The maximum absolute atomic E-state index is 10.9. The third-order valence-corrected chi connectivity index (χ3v) is 2.98. The number of phenolic OH excluding ortho intramolecular Hbond substituents is 1. The first-order valence-corrected chi connectivity index (χ1v) is 5.74.